The van der Waals surface area contributed by atoms with Crippen LogP contribution >= 0.6 is 0 Å². The second-order valence-corrected chi connectivity index (χ2v) is 7.56. The van der Waals surface area contributed by atoms with Gasteiger partial charge in [0.2, 0.25) is 5.79 Å². The molecule has 0 aromatic rings. The standard InChI is InChI=1S/C18H36O6/c1-9-12-16(3,4)21-23-18(7,14-11-15(19)20-8)24-22-17(5,6)13-10-2/h9-14H2,1-8H3. The molecule has 144 valence electrons. The molecule has 0 heterocycles. The van der Waals surface area contributed by atoms with Gasteiger partial charge in [-0.25, -0.2) is 9.78 Å². The van der Waals surface area contributed by atoms with Gasteiger partial charge in [-0.05, 0) is 47.5 Å². The number of methoxy groups -OCH3 is 1. The molecule has 0 aliphatic carbocycles. The summed E-state index contributed by atoms with van der Waals surface area (Å²) in [4.78, 5) is 33.7. The zero-order valence-corrected chi connectivity index (χ0v) is 16.7. The topological polar surface area (TPSA) is 63.2 Å². The van der Waals surface area contributed by atoms with Gasteiger partial charge in [0.25, 0.3) is 0 Å². The van der Waals surface area contributed by atoms with Gasteiger partial charge in [0, 0.05) is 6.42 Å². The van der Waals surface area contributed by atoms with E-state index in [4.69, 9.17) is 19.6 Å². The van der Waals surface area contributed by atoms with Crippen molar-refractivity contribution in [2.24, 2.45) is 0 Å². The molecule has 0 aliphatic rings. The highest BCUT2D eigenvalue weighted by Gasteiger charge is 2.35. The van der Waals surface area contributed by atoms with Gasteiger partial charge in [-0.3, -0.25) is 4.79 Å². The average Bonchev–Trinajstić information content (AvgIpc) is 2.49. The number of hydrogen-bond donors (Lipinski definition) is 0. The molecule has 6 heteroatoms. The number of ether oxygens (including phenoxy) is 1. The molecule has 0 radical (unpaired) electrons. The van der Waals surface area contributed by atoms with Gasteiger partial charge in [-0.15, -0.1) is 0 Å². The van der Waals surface area contributed by atoms with Gasteiger partial charge in [0.15, 0.2) is 0 Å². The predicted octanol–water partition coefficient (Wildman–Crippen LogP) is 4.71. The fourth-order valence-corrected chi connectivity index (χ4v) is 2.22. The van der Waals surface area contributed by atoms with Gasteiger partial charge in [-0.1, -0.05) is 26.7 Å². The summed E-state index contributed by atoms with van der Waals surface area (Å²) in [5.74, 6) is -1.54. The van der Waals surface area contributed by atoms with Crippen LogP contribution in [-0.4, -0.2) is 30.1 Å². The lowest BCUT2D eigenvalue weighted by molar-refractivity contribution is -0.540. The normalized spacial score (nSPS) is 13.2. The molecule has 0 bridgehead atoms. The summed E-state index contributed by atoms with van der Waals surface area (Å²) in [5, 5.41) is 0. The molecular weight excluding hydrogens is 312 g/mol. The number of hydrogen-bond acceptors (Lipinski definition) is 6. The Morgan fingerprint density at radius 2 is 1.17 bits per heavy atom. The monoisotopic (exact) mass is 348 g/mol. The average molecular weight is 348 g/mol. The van der Waals surface area contributed by atoms with E-state index in [1.807, 2.05) is 27.7 Å². The fraction of sp³-hybridized carbons (Fsp3) is 0.944. The Morgan fingerprint density at radius 3 is 1.50 bits per heavy atom. The molecule has 0 aromatic carbocycles. The smallest absolute Gasteiger partial charge is 0.305 e. The van der Waals surface area contributed by atoms with E-state index in [1.54, 1.807) is 6.92 Å². The Bertz CT molecular complexity index is 343. The van der Waals surface area contributed by atoms with Crippen molar-refractivity contribution in [3.05, 3.63) is 0 Å². The highest BCUT2D eigenvalue weighted by Crippen LogP contribution is 2.28. The third kappa shape index (κ3) is 10.2. The molecule has 0 aromatic heterocycles. The van der Waals surface area contributed by atoms with Crippen molar-refractivity contribution in [1.82, 2.24) is 0 Å². The van der Waals surface area contributed by atoms with Crippen molar-refractivity contribution in [3.8, 4) is 0 Å². The van der Waals surface area contributed by atoms with Crippen molar-refractivity contribution in [1.29, 1.82) is 0 Å². The largest absolute Gasteiger partial charge is 0.469 e. The molecule has 0 aliphatic heterocycles. The third-order valence-corrected chi connectivity index (χ3v) is 3.60. The van der Waals surface area contributed by atoms with Crippen LogP contribution < -0.4 is 0 Å². The van der Waals surface area contributed by atoms with E-state index in [2.05, 4.69) is 18.6 Å². The maximum atomic E-state index is 11.5. The molecular formula is C18H36O6. The van der Waals surface area contributed by atoms with Crippen LogP contribution in [0.15, 0.2) is 0 Å². The van der Waals surface area contributed by atoms with E-state index >= 15 is 0 Å². The first kappa shape index (κ1) is 23.3. The number of esters is 1. The van der Waals surface area contributed by atoms with Gasteiger partial charge in [-0.2, -0.15) is 9.78 Å². The van der Waals surface area contributed by atoms with Gasteiger partial charge >= 0.3 is 5.97 Å². The zero-order chi connectivity index (χ0) is 18.9. The number of carbonyl (C=O) groups excluding carboxylic acids is 1. The van der Waals surface area contributed by atoms with Crippen LogP contribution in [0, 0.1) is 0 Å². The van der Waals surface area contributed by atoms with Crippen molar-refractivity contribution in [2.75, 3.05) is 7.11 Å². The maximum Gasteiger partial charge on any atom is 0.305 e. The summed E-state index contributed by atoms with van der Waals surface area (Å²) in [7, 11) is 1.35. The summed E-state index contributed by atoms with van der Waals surface area (Å²) < 4.78 is 4.68. The first-order valence-electron chi connectivity index (χ1n) is 8.79. The zero-order valence-electron chi connectivity index (χ0n) is 16.7. The second kappa shape index (κ2) is 10.3. The van der Waals surface area contributed by atoms with E-state index in [0.29, 0.717) is 0 Å². The lowest BCUT2D eigenvalue weighted by Crippen LogP contribution is -2.40. The van der Waals surface area contributed by atoms with Gasteiger partial charge in [0.1, 0.15) is 0 Å². The minimum Gasteiger partial charge on any atom is -0.469 e. The molecule has 0 atom stereocenters. The number of carbonyl (C=O) groups is 1. The predicted molar refractivity (Wildman–Crippen MR) is 92.0 cm³/mol. The second-order valence-electron chi connectivity index (χ2n) is 7.56. The first-order valence-corrected chi connectivity index (χ1v) is 8.79. The van der Waals surface area contributed by atoms with Crippen LogP contribution in [0.25, 0.3) is 0 Å². The highest BCUT2D eigenvalue weighted by atomic mass is 17.3. The summed E-state index contributed by atoms with van der Waals surface area (Å²) in [5.41, 5.74) is -0.910. The minimum atomic E-state index is -1.20. The van der Waals surface area contributed by atoms with Crippen molar-refractivity contribution < 1.29 is 29.1 Å². The molecule has 0 saturated carbocycles. The fourth-order valence-electron chi connectivity index (χ4n) is 2.22. The lowest BCUT2D eigenvalue weighted by Gasteiger charge is -2.34. The van der Waals surface area contributed by atoms with Crippen molar-refractivity contribution in [2.45, 2.75) is 104 Å². The van der Waals surface area contributed by atoms with Crippen LogP contribution in [0.5, 0.6) is 0 Å². The van der Waals surface area contributed by atoms with Crippen LogP contribution in [0.3, 0.4) is 0 Å². The molecule has 0 rings (SSSR count). The van der Waals surface area contributed by atoms with E-state index < -0.39 is 17.0 Å². The van der Waals surface area contributed by atoms with Crippen LogP contribution in [0.2, 0.25) is 0 Å². The molecule has 0 amide bonds. The molecule has 0 N–H and O–H groups in total. The van der Waals surface area contributed by atoms with Crippen LogP contribution in [-0.2, 0) is 29.1 Å². The summed E-state index contributed by atoms with van der Waals surface area (Å²) in [6.07, 6.45) is 4.00. The molecule has 0 spiro atoms. The Hall–Kier alpha value is -0.690. The summed E-state index contributed by atoms with van der Waals surface area (Å²) >= 11 is 0. The first-order chi connectivity index (χ1) is 11.0. The molecule has 0 saturated heterocycles. The summed E-state index contributed by atoms with van der Waals surface area (Å²) in [6, 6.07) is 0. The molecule has 6 nitrogen and oxygen atoms in total. The van der Waals surface area contributed by atoms with Gasteiger partial charge < -0.3 is 4.74 Å². The van der Waals surface area contributed by atoms with E-state index in [1.165, 1.54) is 7.11 Å². The van der Waals surface area contributed by atoms with Crippen molar-refractivity contribution in [3.63, 3.8) is 0 Å². The van der Waals surface area contributed by atoms with Crippen molar-refractivity contribution >= 4 is 5.97 Å². The maximum absolute atomic E-state index is 11.5. The van der Waals surface area contributed by atoms with Crippen LogP contribution in [0.1, 0.15) is 87.0 Å². The minimum absolute atomic E-state index is 0.141. The van der Waals surface area contributed by atoms with E-state index in [0.717, 1.165) is 25.7 Å². The SMILES string of the molecule is CCCC(C)(C)OOC(C)(CCC(=O)OC)OOC(C)(C)CCC. The molecule has 0 unspecified atom stereocenters. The Kier molecular flexibility index (Phi) is 10.0. The van der Waals surface area contributed by atoms with E-state index in [-0.39, 0.29) is 18.8 Å². The summed E-state index contributed by atoms with van der Waals surface area (Å²) in [6.45, 7) is 13.6. The Balaban J connectivity index is 4.84. The van der Waals surface area contributed by atoms with Crippen LogP contribution in [0.4, 0.5) is 0 Å². The third-order valence-electron chi connectivity index (χ3n) is 3.60. The quantitative estimate of drug-likeness (QED) is 0.208. The lowest BCUT2D eigenvalue weighted by atomic mass is 10.0. The molecule has 24 heavy (non-hydrogen) atoms. The Labute approximate surface area is 147 Å². The van der Waals surface area contributed by atoms with Gasteiger partial charge in [0.05, 0.1) is 24.7 Å². The Morgan fingerprint density at radius 1 is 0.750 bits per heavy atom. The number of rotatable bonds is 13. The van der Waals surface area contributed by atoms with E-state index in [9.17, 15) is 4.79 Å². The highest BCUT2D eigenvalue weighted by molar-refractivity contribution is 5.69. The molecule has 0 fully saturated rings.